The Morgan fingerprint density at radius 3 is 2.59 bits per heavy atom. The molecule has 2 amide bonds. The minimum Gasteiger partial charge on any atom is -0.349 e. The van der Waals surface area contributed by atoms with Gasteiger partial charge in [0, 0.05) is 25.0 Å². The Labute approximate surface area is 185 Å². The highest BCUT2D eigenvalue weighted by molar-refractivity contribution is 5.99. The molecule has 2 aromatic heterocycles. The monoisotopic (exact) mass is 433 g/mol. The smallest absolute Gasteiger partial charge is 0.257 e. The molecule has 1 aliphatic rings. The summed E-state index contributed by atoms with van der Waals surface area (Å²) in [5, 5.41) is 5.49. The van der Waals surface area contributed by atoms with E-state index in [4.69, 9.17) is 0 Å². The molecule has 0 aliphatic heterocycles. The van der Waals surface area contributed by atoms with Crippen molar-refractivity contribution < 1.29 is 9.59 Å². The number of nitrogens with zero attached hydrogens (tertiary/aromatic N) is 2. The van der Waals surface area contributed by atoms with E-state index >= 15 is 0 Å². The summed E-state index contributed by atoms with van der Waals surface area (Å²) < 4.78 is 1.85. The van der Waals surface area contributed by atoms with Crippen LogP contribution in [-0.2, 0) is 0 Å². The van der Waals surface area contributed by atoms with Crippen molar-refractivity contribution in [3.8, 4) is 0 Å². The molecule has 0 saturated heterocycles. The van der Waals surface area contributed by atoms with Crippen molar-refractivity contribution in [2.45, 2.75) is 44.7 Å². The molecule has 32 heavy (non-hydrogen) atoms. The molecule has 2 heterocycles. The molecule has 1 atom stereocenters. The number of rotatable bonds is 7. The second-order valence-electron chi connectivity index (χ2n) is 8.13. The van der Waals surface area contributed by atoms with Crippen LogP contribution in [0.25, 0.3) is 11.0 Å². The first kappa shape index (κ1) is 21.5. The summed E-state index contributed by atoms with van der Waals surface area (Å²) in [4.78, 5) is 46.5. The quantitative estimate of drug-likeness (QED) is 0.497. The largest absolute Gasteiger partial charge is 0.349 e. The van der Waals surface area contributed by atoms with Crippen LogP contribution in [0.15, 0.2) is 54.1 Å². The van der Waals surface area contributed by atoms with Crippen LogP contribution in [0.1, 0.15) is 71.2 Å². The van der Waals surface area contributed by atoms with Crippen molar-refractivity contribution in [3.05, 3.63) is 76.5 Å². The number of fused-ring (bicyclic) bond motifs is 1. The van der Waals surface area contributed by atoms with Gasteiger partial charge in [0.1, 0.15) is 17.0 Å². The second-order valence-corrected chi connectivity index (χ2v) is 8.13. The molecule has 4 rings (SSSR count). The van der Waals surface area contributed by atoms with Crippen molar-refractivity contribution in [2.75, 3.05) is 6.54 Å². The van der Waals surface area contributed by atoms with Gasteiger partial charge in [-0.15, -0.1) is 6.58 Å². The van der Waals surface area contributed by atoms with Crippen LogP contribution in [0, 0.1) is 0 Å². The Morgan fingerprint density at radius 2 is 1.91 bits per heavy atom. The van der Waals surface area contributed by atoms with E-state index in [2.05, 4.69) is 27.2 Å². The first-order valence-corrected chi connectivity index (χ1v) is 10.9. The maximum atomic E-state index is 13.1. The molecular weight excluding hydrogens is 406 g/mol. The minimum absolute atomic E-state index is 0.0391. The Morgan fingerprint density at radius 1 is 1.22 bits per heavy atom. The molecule has 3 N–H and O–H groups in total. The van der Waals surface area contributed by atoms with Gasteiger partial charge in [0.15, 0.2) is 0 Å². The predicted octanol–water partition coefficient (Wildman–Crippen LogP) is 3.25. The van der Waals surface area contributed by atoms with Crippen molar-refractivity contribution in [1.29, 1.82) is 0 Å². The number of pyridine rings is 1. The van der Waals surface area contributed by atoms with Gasteiger partial charge in [-0.25, -0.2) is 4.98 Å². The van der Waals surface area contributed by atoms with Crippen molar-refractivity contribution in [2.24, 2.45) is 0 Å². The van der Waals surface area contributed by atoms with Gasteiger partial charge in [0.2, 0.25) is 5.43 Å². The lowest BCUT2D eigenvalue weighted by Crippen LogP contribution is -2.36. The fraction of sp³-hybridized carbons (Fsp3) is 0.333. The number of benzene rings is 1. The molecule has 1 aromatic carbocycles. The number of nitrogens with one attached hydrogen (secondary N) is 3. The molecule has 166 valence electrons. The second kappa shape index (κ2) is 9.21. The van der Waals surface area contributed by atoms with Gasteiger partial charge in [0.05, 0.1) is 17.1 Å². The van der Waals surface area contributed by atoms with Crippen molar-refractivity contribution in [1.82, 2.24) is 25.2 Å². The van der Waals surface area contributed by atoms with E-state index in [0.29, 0.717) is 5.82 Å². The molecular formula is C24H27N5O3. The van der Waals surface area contributed by atoms with E-state index in [9.17, 15) is 14.4 Å². The van der Waals surface area contributed by atoms with Crippen molar-refractivity contribution >= 4 is 22.8 Å². The van der Waals surface area contributed by atoms with Crippen LogP contribution in [-0.4, -0.2) is 32.9 Å². The fourth-order valence-corrected chi connectivity index (χ4v) is 4.11. The summed E-state index contributed by atoms with van der Waals surface area (Å²) in [6.45, 7) is 5.62. The Kier molecular flexibility index (Phi) is 6.20. The Balaban J connectivity index is 1.64. The normalized spacial score (nSPS) is 14.9. The molecule has 0 bridgehead atoms. The number of para-hydroxylation sites is 2. The van der Waals surface area contributed by atoms with Gasteiger partial charge < -0.3 is 20.2 Å². The predicted molar refractivity (Wildman–Crippen MR) is 123 cm³/mol. The van der Waals surface area contributed by atoms with E-state index in [1.54, 1.807) is 25.4 Å². The molecule has 1 fully saturated rings. The number of amides is 2. The third-order valence-electron chi connectivity index (χ3n) is 5.85. The Hall–Kier alpha value is -3.68. The highest BCUT2D eigenvalue weighted by atomic mass is 16.2. The minimum atomic E-state index is -0.588. The number of carbonyl (C=O) groups is 2. The molecule has 3 aromatic rings. The molecule has 1 unspecified atom stereocenters. The van der Waals surface area contributed by atoms with Crippen LogP contribution in [0.3, 0.4) is 0 Å². The van der Waals surface area contributed by atoms with Gasteiger partial charge >= 0.3 is 0 Å². The topological polar surface area (TPSA) is 109 Å². The molecule has 0 radical (unpaired) electrons. The molecule has 1 saturated carbocycles. The average Bonchev–Trinajstić information content (AvgIpc) is 3.47. The average molecular weight is 434 g/mol. The number of imidazole rings is 1. The number of hydrogen-bond acceptors (Lipinski definition) is 4. The zero-order chi connectivity index (χ0) is 22.7. The zero-order valence-corrected chi connectivity index (χ0v) is 18.1. The molecule has 8 heteroatoms. The highest BCUT2D eigenvalue weighted by Crippen LogP contribution is 2.29. The summed E-state index contributed by atoms with van der Waals surface area (Å²) in [6, 6.07) is 7.31. The van der Waals surface area contributed by atoms with Crippen LogP contribution >= 0.6 is 0 Å². The van der Waals surface area contributed by atoms with Crippen LogP contribution in [0.5, 0.6) is 0 Å². The first-order valence-electron chi connectivity index (χ1n) is 10.9. The zero-order valence-electron chi connectivity index (χ0n) is 18.1. The SMILES string of the molecule is C=CCNC(=O)c1cn(C2CCCC2)cc(C(=O)NC(C)c2nc3ccccc3[nH]2)c1=O. The van der Waals surface area contributed by atoms with Crippen LogP contribution in [0.2, 0.25) is 0 Å². The number of H-pyrrole nitrogens is 1. The highest BCUT2D eigenvalue weighted by Gasteiger charge is 2.24. The van der Waals surface area contributed by atoms with Gasteiger partial charge in [-0.2, -0.15) is 0 Å². The lowest BCUT2D eigenvalue weighted by atomic mass is 10.1. The van der Waals surface area contributed by atoms with E-state index in [-0.39, 0.29) is 23.7 Å². The molecule has 1 aliphatic carbocycles. The lowest BCUT2D eigenvalue weighted by molar-refractivity contribution is 0.0936. The van der Waals surface area contributed by atoms with Crippen molar-refractivity contribution in [3.63, 3.8) is 0 Å². The summed E-state index contributed by atoms with van der Waals surface area (Å²) >= 11 is 0. The van der Waals surface area contributed by atoms with Gasteiger partial charge in [-0.3, -0.25) is 14.4 Å². The van der Waals surface area contributed by atoms with E-state index in [0.717, 1.165) is 36.7 Å². The van der Waals surface area contributed by atoms with E-state index in [1.807, 2.05) is 28.8 Å². The standard InChI is InChI=1S/C24H27N5O3/c1-3-12-25-23(31)17-13-29(16-8-4-5-9-16)14-18(21(17)30)24(32)26-15(2)22-27-19-10-6-7-11-20(19)28-22/h3,6-7,10-11,13-16H,1,4-5,8-9,12H2,2H3,(H,25,31)(H,26,32)(H,27,28). The number of carbonyl (C=O) groups excluding carboxylic acids is 2. The summed E-state index contributed by atoms with van der Waals surface area (Å²) in [5.41, 5.74) is 0.991. The lowest BCUT2D eigenvalue weighted by Gasteiger charge is -2.18. The van der Waals surface area contributed by atoms with Gasteiger partial charge in [0.25, 0.3) is 11.8 Å². The summed E-state index contributed by atoms with van der Waals surface area (Å²) in [6.07, 6.45) is 8.75. The number of aromatic amines is 1. The number of aromatic nitrogens is 3. The van der Waals surface area contributed by atoms with Crippen LogP contribution in [0.4, 0.5) is 0 Å². The van der Waals surface area contributed by atoms with E-state index < -0.39 is 23.3 Å². The third kappa shape index (κ3) is 4.34. The first-order chi connectivity index (χ1) is 15.5. The van der Waals surface area contributed by atoms with E-state index in [1.165, 1.54) is 0 Å². The van der Waals surface area contributed by atoms with Crippen LogP contribution < -0.4 is 16.1 Å². The Bertz CT molecular complexity index is 1190. The van der Waals surface area contributed by atoms with Gasteiger partial charge in [-0.1, -0.05) is 31.1 Å². The fourth-order valence-electron chi connectivity index (χ4n) is 4.11. The summed E-state index contributed by atoms with van der Waals surface area (Å²) in [7, 11) is 0. The maximum absolute atomic E-state index is 13.1. The molecule has 8 nitrogen and oxygen atoms in total. The molecule has 0 spiro atoms. The maximum Gasteiger partial charge on any atom is 0.257 e. The summed E-state index contributed by atoms with van der Waals surface area (Å²) in [5.74, 6) is -0.453. The number of hydrogen-bond donors (Lipinski definition) is 3. The third-order valence-corrected chi connectivity index (χ3v) is 5.85. The van der Waals surface area contributed by atoms with Gasteiger partial charge in [-0.05, 0) is 31.9 Å².